The van der Waals surface area contributed by atoms with Crippen LogP contribution in [0.3, 0.4) is 0 Å². The molecule has 0 aliphatic carbocycles. The molecular weight excluding hydrogens is 192 g/mol. The molecule has 2 N–H and O–H groups in total. The van der Waals surface area contributed by atoms with Gasteiger partial charge in [0.1, 0.15) is 0 Å². The molecule has 4 nitrogen and oxygen atoms in total. The van der Waals surface area contributed by atoms with Crippen LogP contribution in [0.5, 0.6) is 5.88 Å². The van der Waals surface area contributed by atoms with Gasteiger partial charge in [-0.05, 0) is 6.42 Å². The van der Waals surface area contributed by atoms with Crippen molar-refractivity contribution < 1.29 is 5.11 Å². The summed E-state index contributed by atoms with van der Waals surface area (Å²) in [4.78, 5) is 17.3. The number of unbranched alkanes of at least 4 members (excludes halogenated alkanes) is 1. The van der Waals surface area contributed by atoms with Crippen LogP contribution in [0, 0.1) is 0 Å². The number of nitrogens with zero attached hydrogens (tertiary/aromatic N) is 1. The number of hydrogen-bond acceptors (Lipinski definition) is 3. The van der Waals surface area contributed by atoms with Crippen molar-refractivity contribution in [3.05, 3.63) is 22.2 Å². The van der Waals surface area contributed by atoms with Crippen molar-refractivity contribution in [2.24, 2.45) is 0 Å². The van der Waals surface area contributed by atoms with E-state index < -0.39 is 11.4 Å². The summed E-state index contributed by atoms with van der Waals surface area (Å²) >= 11 is 0. The van der Waals surface area contributed by atoms with Crippen LogP contribution in [0.25, 0.3) is 0 Å². The maximum atomic E-state index is 10.9. The zero-order chi connectivity index (χ0) is 11.5. The van der Waals surface area contributed by atoms with Crippen LogP contribution in [-0.4, -0.2) is 15.1 Å². The summed E-state index contributed by atoms with van der Waals surface area (Å²) in [6.07, 6.45) is 4.80. The van der Waals surface area contributed by atoms with Crippen molar-refractivity contribution in [3.8, 4) is 5.88 Å². The first kappa shape index (κ1) is 11.8. The molecule has 0 spiro atoms. The number of aromatic amines is 1. The molecule has 1 aromatic rings. The lowest BCUT2D eigenvalue weighted by Crippen LogP contribution is -2.21. The quantitative estimate of drug-likeness (QED) is 0.798. The Morgan fingerprint density at radius 1 is 1.53 bits per heavy atom. The molecule has 0 aromatic carbocycles. The highest BCUT2D eigenvalue weighted by molar-refractivity contribution is 5.15. The summed E-state index contributed by atoms with van der Waals surface area (Å²) in [5.41, 5.74) is 0.0793. The predicted octanol–water partition coefficient (Wildman–Crippen LogP) is 1.94. The lowest BCUT2D eigenvalue weighted by atomic mass is 9.84. The monoisotopic (exact) mass is 210 g/mol. The van der Waals surface area contributed by atoms with E-state index in [0.29, 0.717) is 0 Å². The molecule has 0 atom stereocenters. The maximum absolute atomic E-state index is 10.9. The topological polar surface area (TPSA) is 66.0 Å². The van der Waals surface area contributed by atoms with Crippen LogP contribution >= 0.6 is 0 Å². The van der Waals surface area contributed by atoms with Gasteiger partial charge in [0.05, 0.1) is 5.69 Å². The Kier molecular flexibility index (Phi) is 3.50. The van der Waals surface area contributed by atoms with Gasteiger partial charge in [0, 0.05) is 11.6 Å². The molecule has 0 radical (unpaired) electrons. The molecule has 1 heterocycles. The average Bonchev–Trinajstić information content (AvgIpc) is 2.19. The lowest BCUT2D eigenvalue weighted by molar-refractivity contribution is 0.409. The summed E-state index contributed by atoms with van der Waals surface area (Å²) in [7, 11) is 0. The van der Waals surface area contributed by atoms with Crippen molar-refractivity contribution >= 4 is 0 Å². The van der Waals surface area contributed by atoms with Gasteiger partial charge in [-0.15, -0.1) is 0 Å². The fourth-order valence-electron chi connectivity index (χ4n) is 1.49. The summed E-state index contributed by atoms with van der Waals surface area (Å²) in [5, 5.41) is 9.23. The highest BCUT2D eigenvalue weighted by Gasteiger charge is 2.22. The first-order valence-electron chi connectivity index (χ1n) is 5.26. The van der Waals surface area contributed by atoms with Gasteiger partial charge in [0.25, 0.3) is 5.88 Å². The number of aromatic nitrogens is 2. The Balaban J connectivity index is 2.94. The molecular formula is C11H18N2O2. The van der Waals surface area contributed by atoms with E-state index in [2.05, 4.69) is 30.7 Å². The molecule has 0 saturated carbocycles. The Morgan fingerprint density at radius 2 is 2.20 bits per heavy atom. The standard InChI is InChI=1S/C11H18N2O2/c1-4-5-6-11(2,3)8-7-12-9(14)10(15)13-8/h7H,4-6H2,1-3H3,(H,12,14)(H,13,15). The van der Waals surface area contributed by atoms with Gasteiger partial charge >= 0.3 is 5.56 Å². The van der Waals surface area contributed by atoms with Crippen molar-refractivity contribution in [3.63, 3.8) is 0 Å². The molecule has 1 rings (SSSR count). The van der Waals surface area contributed by atoms with Gasteiger partial charge in [-0.2, -0.15) is 0 Å². The molecule has 0 bridgehead atoms. The minimum Gasteiger partial charge on any atom is -0.489 e. The molecule has 0 aliphatic rings. The highest BCUT2D eigenvalue weighted by atomic mass is 16.3. The largest absolute Gasteiger partial charge is 0.489 e. The third-order valence-electron chi connectivity index (χ3n) is 2.62. The Bertz CT molecular complexity index is 382. The number of rotatable bonds is 4. The summed E-state index contributed by atoms with van der Waals surface area (Å²) in [6, 6.07) is 0. The second-order valence-electron chi connectivity index (χ2n) is 4.43. The van der Waals surface area contributed by atoms with E-state index >= 15 is 0 Å². The summed E-state index contributed by atoms with van der Waals surface area (Å²) < 4.78 is 0. The van der Waals surface area contributed by atoms with Crippen molar-refractivity contribution in [1.82, 2.24) is 9.97 Å². The molecule has 0 unspecified atom stereocenters. The lowest BCUT2D eigenvalue weighted by Gasteiger charge is -2.23. The van der Waals surface area contributed by atoms with Crippen LogP contribution in [0.2, 0.25) is 0 Å². The molecule has 0 aliphatic heterocycles. The van der Waals surface area contributed by atoms with E-state index in [0.717, 1.165) is 25.0 Å². The van der Waals surface area contributed by atoms with Crippen LogP contribution in [0.4, 0.5) is 0 Å². The number of hydrogen-bond donors (Lipinski definition) is 2. The van der Waals surface area contributed by atoms with Crippen molar-refractivity contribution in [2.75, 3.05) is 0 Å². The van der Waals surface area contributed by atoms with E-state index in [1.54, 1.807) is 6.20 Å². The number of H-pyrrole nitrogens is 1. The van der Waals surface area contributed by atoms with E-state index in [-0.39, 0.29) is 5.41 Å². The van der Waals surface area contributed by atoms with E-state index in [1.165, 1.54) is 0 Å². The fourth-order valence-corrected chi connectivity index (χ4v) is 1.49. The zero-order valence-electron chi connectivity index (χ0n) is 9.50. The number of nitrogens with one attached hydrogen (secondary N) is 1. The second kappa shape index (κ2) is 4.47. The fraction of sp³-hybridized carbons (Fsp3) is 0.636. The summed E-state index contributed by atoms with van der Waals surface area (Å²) in [5.74, 6) is -0.447. The summed E-state index contributed by atoms with van der Waals surface area (Å²) in [6.45, 7) is 6.25. The Labute approximate surface area is 89.4 Å². The SMILES string of the molecule is CCCCC(C)(C)c1c[nH]c(=O)c(O)n1. The van der Waals surface area contributed by atoms with Crippen LogP contribution in [0.15, 0.2) is 11.0 Å². The van der Waals surface area contributed by atoms with Gasteiger partial charge in [0.15, 0.2) is 0 Å². The molecule has 84 valence electrons. The van der Waals surface area contributed by atoms with Crippen molar-refractivity contribution in [2.45, 2.75) is 45.4 Å². The Hall–Kier alpha value is -1.32. The maximum Gasteiger partial charge on any atom is 0.310 e. The van der Waals surface area contributed by atoms with Gasteiger partial charge < -0.3 is 10.1 Å². The van der Waals surface area contributed by atoms with Gasteiger partial charge in [-0.25, -0.2) is 4.98 Å². The van der Waals surface area contributed by atoms with Crippen LogP contribution in [0.1, 0.15) is 45.7 Å². The number of aromatic hydroxyl groups is 1. The normalized spacial score (nSPS) is 11.7. The first-order chi connectivity index (χ1) is 6.97. The van der Waals surface area contributed by atoms with Crippen LogP contribution in [-0.2, 0) is 5.41 Å². The molecule has 15 heavy (non-hydrogen) atoms. The molecule has 0 amide bonds. The Morgan fingerprint density at radius 3 is 2.73 bits per heavy atom. The van der Waals surface area contributed by atoms with E-state index in [9.17, 15) is 9.90 Å². The second-order valence-corrected chi connectivity index (χ2v) is 4.43. The molecule has 1 aromatic heterocycles. The third kappa shape index (κ3) is 2.81. The van der Waals surface area contributed by atoms with E-state index in [4.69, 9.17) is 0 Å². The average molecular weight is 210 g/mol. The van der Waals surface area contributed by atoms with Gasteiger partial charge in [-0.1, -0.05) is 33.6 Å². The molecule has 0 fully saturated rings. The van der Waals surface area contributed by atoms with E-state index in [1.807, 2.05) is 0 Å². The van der Waals surface area contributed by atoms with Crippen molar-refractivity contribution in [1.29, 1.82) is 0 Å². The van der Waals surface area contributed by atoms with Crippen LogP contribution < -0.4 is 5.56 Å². The zero-order valence-corrected chi connectivity index (χ0v) is 9.50. The predicted molar refractivity (Wildman–Crippen MR) is 59.1 cm³/mol. The smallest absolute Gasteiger partial charge is 0.310 e. The highest BCUT2D eigenvalue weighted by Crippen LogP contribution is 2.27. The molecule has 0 saturated heterocycles. The third-order valence-corrected chi connectivity index (χ3v) is 2.62. The van der Waals surface area contributed by atoms with Gasteiger partial charge in [-0.3, -0.25) is 4.79 Å². The van der Waals surface area contributed by atoms with Gasteiger partial charge in [0.2, 0.25) is 0 Å². The first-order valence-corrected chi connectivity index (χ1v) is 5.26. The minimum absolute atomic E-state index is 0.113. The molecule has 4 heteroatoms. The minimum atomic E-state index is -0.537.